The fraction of sp³-hybridized carbons (Fsp3) is 0.250. The van der Waals surface area contributed by atoms with Crippen LogP contribution in [-0.4, -0.2) is 29.9 Å². The Hall–Kier alpha value is -2.43. The predicted molar refractivity (Wildman–Crippen MR) is 77.7 cm³/mol. The molecule has 1 aromatic carbocycles. The summed E-state index contributed by atoms with van der Waals surface area (Å²) in [5.74, 6) is -0.205. The molecule has 0 bridgehead atoms. The number of methoxy groups -OCH3 is 1. The quantitative estimate of drug-likeness (QED) is 0.812. The third-order valence-corrected chi connectivity index (χ3v) is 3.16. The van der Waals surface area contributed by atoms with Crippen LogP contribution in [0.3, 0.4) is 0 Å². The van der Waals surface area contributed by atoms with Gasteiger partial charge >= 0.3 is 0 Å². The maximum Gasteiger partial charge on any atom is 0.254 e. The van der Waals surface area contributed by atoms with Crippen LogP contribution in [-0.2, 0) is 6.54 Å². The van der Waals surface area contributed by atoms with E-state index in [-0.39, 0.29) is 11.5 Å². The Labute approximate surface area is 123 Å². The molecule has 0 unspecified atom stereocenters. The average molecular weight is 288 g/mol. The number of carbonyl (C=O) groups is 1. The number of halogens is 1. The third-order valence-electron chi connectivity index (χ3n) is 3.16. The van der Waals surface area contributed by atoms with Gasteiger partial charge < -0.3 is 9.64 Å². The number of aromatic nitrogens is 1. The maximum absolute atomic E-state index is 13.1. The monoisotopic (exact) mass is 288 g/mol. The van der Waals surface area contributed by atoms with Gasteiger partial charge in [0.05, 0.1) is 7.11 Å². The summed E-state index contributed by atoms with van der Waals surface area (Å²) in [7, 11) is 3.26. The Kier molecular flexibility index (Phi) is 4.52. The summed E-state index contributed by atoms with van der Waals surface area (Å²) in [4.78, 5) is 17.2. The van der Waals surface area contributed by atoms with E-state index in [1.165, 1.54) is 17.2 Å². The lowest BCUT2D eigenvalue weighted by atomic mass is 10.1. The van der Waals surface area contributed by atoms with Crippen LogP contribution in [0.15, 0.2) is 36.5 Å². The van der Waals surface area contributed by atoms with Crippen LogP contribution in [0.25, 0.3) is 0 Å². The van der Waals surface area contributed by atoms with Gasteiger partial charge in [0, 0.05) is 37.0 Å². The van der Waals surface area contributed by atoms with Crippen molar-refractivity contribution < 1.29 is 13.9 Å². The Bertz CT molecular complexity index is 658. The van der Waals surface area contributed by atoms with Gasteiger partial charge in [-0.15, -0.1) is 0 Å². The molecule has 1 heterocycles. The molecule has 1 aromatic heterocycles. The molecule has 0 aliphatic rings. The second-order valence-electron chi connectivity index (χ2n) is 4.84. The van der Waals surface area contributed by atoms with E-state index in [9.17, 15) is 9.18 Å². The third kappa shape index (κ3) is 3.56. The predicted octanol–water partition coefficient (Wildman–Crippen LogP) is 2.81. The zero-order valence-corrected chi connectivity index (χ0v) is 12.3. The van der Waals surface area contributed by atoms with Crippen molar-refractivity contribution in [2.75, 3.05) is 14.2 Å². The molecule has 0 aliphatic carbocycles. The Morgan fingerprint density at radius 2 is 2.10 bits per heavy atom. The minimum absolute atomic E-state index is 0.264. The van der Waals surface area contributed by atoms with Crippen LogP contribution in [0.1, 0.15) is 21.5 Å². The van der Waals surface area contributed by atoms with Gasteiger partial charge in [-0.3, -0.25) is 4.79 Å². The van der Waals surface area contributed by atoms with Gasteiger partial charge in [0.2, 0.25) is 5.95 Å². The molecule has 21 heavy (non-hydrogen) atoms. The highest BCUT2D eigenvalue weighted by molar-refractivity contribution is 5.93. The standard InChI is InChI=1S/C16H17FN2O2/c1-11-4-5-14(21-3)13(8-11)10-19(2)16(20)12-6-7-18-15(17)9-12/h4-9H,10H2,1-3H3. The average Bonchev–Trinajstić information content (AvgIpc) is 2.46. The molecule has 0 N–H and O–H groups in total. The first-order valence-corrected chi connectivity index (χ1v) is 6.52. The number of carbonyl (C=O) groups excluding carboxylic acids is 1. The Morgan fingerprint density at radius 3 is 2.76 bits per heavy atom. The van der Waals surface area contributed by atoms with E-state index in [1.54, 1.807) is 14.2 Å². The molecular weight excluding hydrogens is 271 g/mol. The molecule has 0 atom stereocenters. The number of hydrogen-bond donors (Lipinski definition) is 0. The summed E-state index contributed by atoms with van der Waals surface area (Å²) in [5, 5.41) is 0. The molecule has 0 fully saturated rings. The van der Waals surface area contributed by atoms with Crippen LogP contribution < -0.4 is 4.74 Å². The molecule has 1 amide bonds. The first kappa shape index (κ1) is 15.0. The zero-order valence-electron chi connectivity index (χ0n) is 12.3. The van der Waals surface area contributed by atoms with Gasteiger partial charge in [-0.25, -0.2) is 4.98 Å². The number of pyridine rings is 1. The number of amides is 1. The molecule has 0 spiro atoms. The molecule has 0 saturated carbocycles. The SMILES string of the molecule is COc1ccc(C)cc1CN(C)C(=O)c1ccnc(F)c1. The molecule has 0 saturated heterocycles. The minimum atomic E-state index is -0.664. The highest BCUT2D eigenvalue weighted by Crippen LogP contribution is 2.21. The first-order chi connectivity index (χ1) is 10.0. The van der Waals surface area contributed by atoms with E-state index < -0.39 is 5.95 Å². The second kappa shape index (κ2) is 6.35. The first-order valence-electron chi connectivity index (χ1n) is 6.52. The van der Waals surface area contributed by atoms with Crippen LogP contribution >= 0.6 is 0 Å². The highest BCUT2D eigenvalue weighted by atomic mass is 19.1. The van der Waals surface area contributed by atoms with Crippen molar-refractivity contribution in [3.63, 3.8) is 0 Å². The molecule has 5 heteroatoms. The van der Waals surface area contributed by atoms with Crippen LogP contribution in [0.4, 0.5) is 4.39 Å². The smallest absolute Gasteiger partial charge is 0.254 e. The van der Waals surface area contributed by atoms with Gasteiger partial charge in [0.15, 0.2) is 0 Å². The van der Waals surface area contributed by atoms with Crippen molar-refractivity contribution in [2.45, 2.75) is 13.5 Å². The Balaban J connectivity index is 2.19. The van der Waals surface area contributed by atoms with Crippen molar-refractivity contribution in [2.24, 2.45) is 0 Å². The number of rotatable bonds is 4. The molecule has 2 rings (SSSR count). The van der Waals surface area contributed by atoms with Crippen molar-refractivity contribution in [1.29, 1.82) is 0 Å². The van der Waals surface area contributed by atoms with Gasteiger partial charge in [-0.1, -0.05) is 17.7 Å². The number of nitrogens with zero attached hydrogens (tertiary/aromatic N) is 2. The lowest BCUT2D eigenvalue weighted by Gasteiger charge is -2.19. The summed E-state index contributed by atoms with van der Waals surface area (Å²) in [6.45, 7) is 2.36. The fourth-order valence-electron chi connectivity index (χ4n) is 2.11. The lowest BCUT2D eigenvalue weighted by Crippen LogP contribution is -2.26. The maximum atomic E-state index is 13.1. The van der Waals surface area contributed by atoms with Gasteiger partial charge in [0.1, 0.15) is 5.75 Å². The molecule has 110 valence electrons. The topological polar surface area (TPSA) is 42.4 Å². The largest absolute Gasteiger partial charge is 0.496 e. The van der Waals surface area contributed by atoms with Crippen molar-refractivity contribution in [1.82, 2.24) is 9.88 Å². The summed E-state index contributed by atoms with van der Waals surface area (Å²) < 4.78 is 18.4. The van der Waals surface area contributed by atoms with Gasteiger partial charge in [0.25, 0.3) is 5.91 Å². The molecule has 4 nitrogen and oxygen atoms in total. The summed E-state index contributed by atoms with van der Waals surface area (Å²) >= 11 is 0. The summed E-state index contributed by atoms with van der Waals surface area (Å²) in [6, 6.07) is 8.41. The van der Waals surface area contributed by atoms with E-state index in [0.717, 1.165) is 22.9 Å². The van der Waals surface area contributed by atoms with Crippen LogP contribution in [0.2, 0.25) is 0 Å². The molecule has 0 radical (unpaired) electrons. The van der Waals surface area contributed by atoms with Crippen LogP contribution in [0.5, 0.6) is 5.75 Å². The highest BCUT2D eigenvalue weighted by Gasteiger charge is 2.15. The van der Waals surface area contributed by atoms with Gasteiger partial charge in [-0.2, -0.15) is 4.39 Å². The number of hydrogen-bond acceptors (Lipinski definition) is 3. The molecule has 2 aromatic rings. The Morgan fingerprint density at radius 1 is 1.33 bits per heavy atom. The van der Waals surface area contributed by atoms with E-state index in [0.29, 0.717) is 6.54 Å². The van der Waals surface area contributed by atoms with E-state index in [2.05, 4.69) is 4.98 Å². The number of benzene rings is 1. The van der Waals surface area contributed by atoms with Crippen molar-refractivity contribution >= 4 is 5.91 Å². The van der Waals surface area contributed by atoms with Crippen molar-refractivity contribution in [3.8, 4) is 5.75 Å². The second-order valence-corrected chi connectivity index (χ2v) is 4.84. The molecular formula is C16H17FN2O2. The lowest BCUT2D eigenvalue weighted by molar-refractivity contribution is 0.0783. The van der Waals surface area contributed by atoms with E-state index >= 15 is 0 Å². The van der Waals surface area contributed by atoms with E-state index in [1.807, 2.05) is 25.1 Å². The number of aryl methyl sites for hydroxylation is 1. The van der Waals surface area contributed by atoms with Crippen molar-refractivity contribution in [3.05, 3.63) is 59.2 Å². The van der Waals surface area contributed by atoms with Crippen LogP contribution in [0, 0.1) is 12.9 Å². The molecule has 0 aliphatic heterocycles. The normalized spacial score (nSPS) is 10.3. The van der Waals surface area contributed by atoms with E-state index in [4.69, 9.17) is 4.74 Å². The number of ether oxygens (including phenoxy) is 1. The fourth-order valence-corrected chi connectivity index (χ4v) is 2.11. The zero-order chi connectivity index (χ0) is 15.4. The summed E-state index contributed by atoms with van der Waals surface area (Å²) in [6.07, 6.45) is 1.28. The van der Waals surface area contributed by atoms with Gasteiger partial charge in [-0.05, 0) is 19.1 Å². The minimum Gasteiger partial charge on any atom is -0.496 e. The summed E-state index contributed by atoms with van der Waals surface area (Å²) in [5.41, 5.74) is 2.26.